The van der Waals surface area contributed by atoms with Crippen LogP contribution in [0.1, 0.15) is 24.2 Å². The summed E-state index contributed by atoms with van der Waals surface area (Å²) in [5, 5.41) is 0.207. The molecular weight excluding hydrogens is 346 g/mol. The fraction of sp³-hybridized carbons (Fsp3) is 0.389. The first-order chi connectivity index (χ1) is 11.9. The molecule has 7 heteroatoms. The zero-order valence-corrected chi connectivity index (χ0v) is 14.4. The summed E-state index contributed by atoms with van der Waals surface area (Å²) in [5.74, 6) is -2.29. The molecule has 2 bridgehead atoms. The molecule has 0 N–H and O–H groups in total. The fourth-order valence-electron chi connectivity index (χ4n) is 3.92. The van der Waals surface area contributed by atoms with Crippen molar-refractivity contribution in [2.24, 2.45) is 11.8 Å². The maximum Gasteiger partial charge on any atom is 0.339 e. The molecule has 0 saturated carbocycles. The second kappa shape index (κ2) is 5.41. The van der Waals surface area contributed by atoms with E-state index in [4.69, 9.17) is 21.1 Å². The average Bonchev–Trinajstić information content (AvgIpc) is 3.17. The smallest absolute Gasteiger partial charge is 0.339 e. The third-order valence-electron chi connectivity index (χ3n) is 5.03. The lowest BCUT2D eigenvalue weighted by molar-refractivity contribution is -0.126. The number of carbonyl (C=O) groups excluding carboxylic acids is 3. The van der Waals surface area contributed by atoms with Gasteiger partial charge in [0.1, 0.15) is 0 Å². The normalized spacial score (nSPS) is 32.4. The number of hydrogen-bond acceptors (Lipinski definition) is 5. The maximum atomic E-state index is 12.9. The van der Waals surface area contributed by atoms with Gasteiger partial charge >= 0.3 is 5.97 Å². The summed E-state index contributed by atoms with van der Waals surface area (Å²) < 4.78 is 10.8. The Bertz CT molecular complexity index is 835. The van der Waals surface area contributed by atoms with Gasteiger partial charge in [-0.2, -0.15) is 0 Å². The summed E-state index contributed by atoms with van der Waals surface area (Å²) in [6.45, 7) is 3.71. The number of ether oxygens (including phenoxy) is 2. The summed E-state index contributed by atoms with van der Waals surface area (Å²) in [6, 6.07) is 4.47. The lowest BCUT2D eigenvalue weighted by Crippen LogP contribution is -2.38. The molecule has 2 fully saturated rings. The van der Waals surface area contributed by atoms with Gasteiger partial charge in [-0.1, -0.05) is 23.8 Å². The number of benzene rings is 1. The number of imide groups is 1. The standard InChI is InChI=1S/C18H16ClNO5/c1-3-24-17(23)10-8-9(4-5-11(10)19)20-15(21)13-12-6-7-18(2,25-12)14(13)16(20)22/h4-8,12-14H,3H2,1-2H3/t12-,13+,14+,18-/m1/s1. The molecule has 3 heterocycles. The van der Waals surface area contributed by atoms with Crippen LogP contribution in [-0.2, 0) is 19.1 Å². The van der Waals surface area contributed by atoms with E-state index in [0.29, 0.717) is 5.69 Å². The summed E-state index contributed by atoms with van der Waals surface area (Å²) in [7, 11) is 0. The van der Waals surface area contributed by atoms with E-state index in [0.717, 1.165) is 4.90 Å². The van der Waals surface area contributed by atoms with Gasteiger partial charge in [-0.15, -0.1) is 0 Å². The fourth-order valence-corrected chi connectivity index (χ4v) is 4.12. The van der Waals surface area contributed by atoms with Crippen LogP contribution in [0.4, 0.5) is 5.69 Å². The van der Waals surface area contributed by atoms with Crippen LogP contribution in [0.3, 0.4) is 0 Å². The molecule has 2 saturated heterocycles. The van der Waals surface area contributed by atoms with E-state index in [1.165, 1.54) is 12.1 Å². The maximum absolute atomic E-state index is 12.9. The Hall–Kier alpha value is -2.18. The Labute approximate surface area is 149 Å². The zero-order chi connectivity index (χ0) is 17.9. The molecule has 0 radical (unpaired) electrons. The minimum Gasteiger partial charge on any atom is -0.462 e. The number of halogens is 1. The van der Waals surface area contributed by atoms with Crippen LogP contribution in [-0.4, -0.2) is 36.1 Å². The Morgan fingerprint density at radius 1 is 1.36 bits per heavy atom. The third kappa shape index (κ3) is 2.17. The first kappa shape index (κ1) is 16.3. The molecular formula is C18H16ClNO5. The molecule has 3 aliphatic heterocycles. The first-order valence-electron chi connectivity index (χ1n) is 8.09. The molecule has 0 unspecified atom stereocenters. The number of rotatable bonds is 3. The van der Waals surface area contributed by atoms with Crippen LogP contribution in [0, 0.1) is 11.8 Å². The van der Waals surface area contributed by atoms with E-state index in [1.807, 2.05) is 19.1 Å². The van der Waals surface area contributed by atoms with Gasteiger partial charge in [0.2, 0.25) is 11.8 Å². The number of nitrogens with zero attached hydrogens (tertiary/aromatic N) is 1. The Morgan fingerprint density at radius 2 is 2.12 bits per heavy atom. The SMILES string of the molecule is CCOC(=O)c1cc(N2C(=O)[C@@H]3[C@@H](C2=O)[C@@]2(C)C=C[C@H]3O2)ccc1Cl. The molecule has 3 aliphatic rings. The van der Waals surface area contributed by atoms with Gasteiger partial charge in [0.05, 0.1) is 46.4 Å². The monoisotopic (exact) mass is 361 g/mol. The summed E-state index contributed by atoms with van der Waals surface area (Å²) in [5.41, 5.74) is -0.310. The van der Waals surface area contributed by atoms with E-state index >= 15 is 0 Å². The van der Waals surface area contributed by atoms with Gasteiger partial charge in [-0.25, -0.2) is 9.69 Å². The number of amides is 2. The van der Waals surface area contributed by atoms with Crippen molar-refractivity contribution in [3.63, 3.8) is 0 Å². The average molecular weight is 362 g/mol. The topological polar surface area (TPSA) is 72.9 Å². The molecule has 4 rings (SSSR count). The highest BCUT2D eigenvalue weighted by Crippen LogP contribution is 2.52. The number of esters is 1. The predicted molar refractivity (Wildman–Crippen MR) is 89.3 cm³/mol. The number of fused-ring (bicyclic) bond motifs is 5. The molecule has 25 heavy (non-hydrogen) atoms. The lowest BCUT2D eigenvalue weighted by atomic mass is 9.78. The zero-order valence-electron chi connectivity index (χ0n) is 13.7. The molecule has 6 nitrogen and oxygen atoms in total. The second-order valence-corrected chi connectivity index (χ2v) is 6.93. The van der Waals surface area contributed by atoms with Crippen molar-refractivity contribution in [1.29, 1.82) is 0 Å². The van der Waals surface area contributed by atoms with Gasteiger partial charge in [-0.05, 0) is 32.0 Å². The quantitative estimate of drug-likeness (QED) is 0.469. The number of anilines is 1. The molecule has 1 aromatic rings. The molecule has 0 aromatic heterocycles. The Kier molecular flexibility index (Phi) is 3.53. The van der Waals surface area contributed by atoms with Crippen LogP contribution < -0.4 is 4.90 Å². The van der Waals surface area contributed by atoms with Gasteiger partial charge in [0.15, 0.2) is 0 Å². The number of carbonyl (C=O) groups is 3. The van der Waals surface area contributed by atoms with E-state index in [9.17, 15) is 14.4 Å². The summed E-state index contributed by atoms with van der Waals surface area (Å²) in [4.78, 5) is 39.0. The van der Waals surface area contributed by atoms with E-state index in [2.05, 4.69) is 0 Å². The minimum absolute atomic E-state index is 0.127. The van der Waals surface area contributed by atoms with E-state index < -0.39 is 23.4 Å². The van der Waals surface area contributed by atoms with Crippen molar-refractivity contribution in [3.05, 3.63) is 40.9 Å². The van der Waals surface area contributed by atoms with Crippen molar-refractivity contribution in [2.45, 2.75) is 25.6 Å². The van der Waals surface area contributed by atoms with Crippen molar-refractivity contribution in [2.75, 3.05) is 11.5 Å². The second-order valence-electron chi connectivity index (χ2n) is 6.53. The predicted octanol–water partition coefficient (Wildman–Crippen LogP) is 2.35. The van der Waals surface area contributed by atoms with Gasteiger partial charge in [0.25, 0.3) is 0 Å². The highest BCUT2D eigenvalue weighted by molar-refractivity contribution is 6.34. The van der Waals surface area contributed by atoms with E-state index in [1.54, 1.807) is 13.0 Å². The summed E-state index contributed by atoms with van der Waals surface area (Å²) in [6.07, 6.45) is 3.30. The largest absolute Gasteiger partial charge is 0.462 e. The Morgan fingerprint density at radius 3 is 2.80 bits per heavy atom. The molecule has 0 aliphatic carbocycles. The first-order valence-corrected chi connectivity index (χ1v) is 8.47. The van der Waals surface area contributed by atoms with Crippen molar-refractivity contribution in [3.8, 4) is 0 Å². The molecule has 0 spiro atoms. The van der Waals surface area contributed by atoms with E-state index in [-0.39, 0.29) is 35.1 Å². The highest BCUT2D eigenvalue weighted by Gasteiger charge is 2.66. The molecule has 4 atom stereocenters. The number of hydrogen-bond donors (Lipinski definition) is 0. The van der Waals surface area contributed by atoms with Crippen molar-refractivity contribution >= 4 is 35.1 Å². The van der Waals surface area contributed by atoms with Crippen LogP contribution >= 0.6 is 11.6 Å². The third-order valence-corrected chi connectivity index (χ3v) is 5.36. The minimum atomic E-state index is -0.757. The molecule has 1 aromatic carbocycles. The van der Waals surface area contributed by atoms with Crippen LogP contribution in [0.15, 0.2) is 30.4 Å². The highest BCUT2D eigenvalue weighted by atomic mass is 35.5. The van der Waals surface area contributed by atoms with Gasteiger partial charge in [0, 0.05) is 0 Å². The van der Waals surface area contributed by atoms with Crippen molar-refractivity contribution < 1.29 is 23.9 Å². The van der Waals surface area contributed by atoms with Crippen LogP contribution in [0.2, 0.25) is 5.02 Å². The Balaban J connectivity index is 1.72. The van der Waals surface area contributed by atoms with Crippen molar-refractivity contribution in [1.82, 2.24) is 0 Å². The van der Waals surface area contributed by atoms with Crippen LogP contribution in [0.5, 0.6) is 0 Å². The van der Waals surface area contributed by atoms with Gasteiger partial charge < -0.3 is 9.47 Å². The van der Waals surface area contributed by atoms with Gasteiger partial charge in [-0.3, -0.25) is 9.59 Å². The lowest BCUT2D eigenvalue weighted by Gasteiger charge is -2.24. The molecule has 130 valence electrons. The summed E-state index contributed by atoms with van der Waals surface area (Å²) >= 11 is 6.06. The van der Waals surface area contributed by atoms with Crippen LogP contribution in [0.25, 0.3) is 0 Å². The molecule has 2 amide bonds.